The van der Waals surface area contributed by atoms with Crippen LogP contribution in [0.25, 0.3) is 0 Å². The van der Waals surface area contributed by atoms with Crippen LogP contribution < -0.4 is 0 Å². The molecule has 0 radical (unpaired) electrons. The maximum absolute atomic E-state index is 6.54. The van der Waals surface area contributed by atoms with Crippen LogP contribution in [-0.2, 0) is 0 Å². The van der Waals surface area contributed by atoms with Crippen LogP contribution in [0, 0.1) is 29.6 Å². The summed E-state index contributed by atoms with van der Waals surface area (Å²) in [6, 6.07) is 0. The van der Waals surface area contributed by atoms with Gasteiger partial charge in [-0.25, -0.2) is 0 Å². The van der Waals surface area contributed by atoms with Crippen LogP contribution in [0.15, 0.2) is 0 Å². The molecule has 5 aliphatic rings. The number of alkyl halides is 1. The SMILES string of the molecule is ClC12CC3CC(C1)C1C(C2)C31. The van der Waals surface area contributed by atoms with Gasteiger partial charge in [0, 0.05) is 4.87 Å². The Morgan fingerprint density at radius 3 is 2.18 bits per heavy atom. The summed E-state index contributed by atoms with van der Waals surface area (Å²) in [6.07, 6.45) is 5.64. The third-order valence-electron chi connectivity index (χ3n) is 4.84. The van der Waals surface area contributed by atoms with Crippen molar-refractivity contribution in [1.82, 2.24) is 0 Å². The van der Waals surface area contributed by atoms with E-state index in [4.69, 9.17) is 11.6 Å². The average Bonchev–Trinajstić information content (AvgIpc) is 2.51. The first-order chi connectivity index (χ1) is 5.27. The van der Waals surface area contributed by atoms with E-state index in [2.05, 4.69) is 0 Å². The highest BCUT2D eigenvalue weighted by Crippen LogP contribution is 2.76. The van der Waals surface area contributed by atoms with Crippen molar-refractivity contribution < 1.29 is 0 Å². The Hall–Kier alpha value is 0.290. The standard InChI is InChI=1S/C10H13Cl/c11-10-2-5-1-6(3-10)9-7(4-10)8(5)9/h5-9H,1-4H2. The third-order valence-corrected chi connectivity index (χ3v) is 5.31. The van der Waals surface area contributed by atoms with Crippen LogP contribution in [0.5, 0.6) is 0 Å². The Bertz CT molecular complexity index is 217. The molecule has 5 rings (SSSR count). The van der Waals surface area contributed by atoms with Crippen molar-refractivity contribution in [1.29, 1.82) is 0 Å². The molecule has 5 aliphatic carbocycles. The van der Waals surface area contributed by atoms with E-state index in [-0.39, 0.29) is 0 Å². The van der Waals surface area contributed by atoms with E-state index in [1.165, 1.54) is 19.3 Å². The molecule has 0 spiro atoms. The third kappa shape index (κ3) is 0.509. The first-order valence-electron chi connectivity index (χ1n) is 4.96. The van der Waals surface area contributed by atoms with E-state index in [1.54, 1.807) is 6.42 Å². The second kappa shape index (κ2) is 1.39. The van der Waals surface area contributed by atoms with Crippen molar-refractivity contribution in [2.45, 2.75) is 30.6 Å². The minimum atomic E-state index is 0.293. The lowest BCUT2D eigenvalue weighted by Crippen LogP contribution is -2.39. The first kappa shape index (κ1) is 5.85. The average molecular weight is 169 g/mol. The van der Waals surface area contributed by atoms with Crippen LogP contribution in [0.1, 0.15) is 25.7 Å². The fourth-order valence-corrected chi connectivity index (χ4v) is 5.36. The quantitative estimate of drug-likeness (QED) is 0.488. The zero-order chi connectivity index (χ0) is 7.22. The molecule has 4 bridgehead atoms. The van der Waals surface area contributed by atoms with Crippen LogP contribution >= 0.6 is 11.6 Å². The second-order valence-electron chi connectivity index (χ2n) is 5.34. The highest BCUT2D eigenvalue weighted by molar-refractivity contribution is 6.24. The molecule has 0 aromatic heterocycles. The van der Waals surface area contributed by atoms with Crippen molar-refractivity contribution in [2.24, 2.45) is 29.6 Å². The van der Waals surface area contributed by atoms with Crippen LogP contribution in [-0.4, -0.2) is 4.87 Å². The van der Waals surface area contributed by atoms with Crippen LogP contribution in [0.2, 0.25) is 0 Å². The minimum absolute atomic E-state index is 0.293. The van der Waals surface area contributed by atoms with Gasteiger partial charge in [-0.1, -0.05) is 0 Å². The fraction of sp³-hybridized carbons (Fsp3) is 1.00. The molecule has 0 saturated heterocycles. The van der Waals surface area contributed by atoms with Crippen molar-refractivity contribution >= 4 is 11.6 Å². The summed E-state index contributed by atoms with van der Waals surface area (Å²) in [5.74, 6) is 5.55. The molecule has 4 atom stereocenters. The molecule has 1 heteroatoms. The second-order valence-corrected chi connectivity index (χ2v) is 6.14. The smallest absolute Gasteiger partial charge is 0.0455 e. The molecule has 0 amide bonds. The van der Waals surface area contributed by atoms with E-state index in [0.29, 0.717) is 4.87 Å². The molecule has 0 aliphatic heterocycles. The normalized spacial score (nSPS) is 75.5. The number of hydrogen-bond donors (Lipinski definition) is 0. The van der Waals surface area contributed by atoms with Gasteiger partial charge in [-0.2, -0.15) is 0 Å². The Morgan fingerprint density at radius 2 is 1.64 bits per heavy atom. The molecule has 5 fully saturated rings. The van der Waals surface area contributed by atoms with Gasteiger partial charge < -0.3 is 0 Å². The molecule has 11 heavy (non-hydrogen) atoms. The van der Waals surface area contributed by atoms with Gasteiger partial charge in [0.15, 0.2) is 0 Å². The summed E-state index contributed by atoms with van der Waals surface area (Å²) in [5.41, 5.74) is 0. The van der Waals surface area contributed by atoms with Crippen LogP contribution in [0.3, 0.4) is 0 Å². The highest BCUT2D eigenvalue weighted by atomic mass is 35.5. The topological polar surface area (TPSA) is 0 Å². The largest absolute Gasteiger partial charge is 0.119 e. The van der Waals surface area contributed by atoms with Crippen molar-refractivity contribution in [3.05, 3.63) is 0 Å². The lowest BCUT2D eigenvalue weighted by Gasteiger charge is -2.44. The summed E-state index contributed by atoms with van der Waals surface area (Å²) in [6.45, 7) is 0. The molecular weight excluding hydrogens is 156 g/mol. The highest BCUT2D eigenvalue weighted by Gasteiger charge is 2.71. The van der Waals surface area contributed by atoms with Crippen molar-refractivity contribution in [3.63, 3.8) is 0 Å². The first-order valence-corrected chi connectivity index (χ1v) is 5.34. The number of hydrogen-bond acceptors (Lipinski definition) is 0. The Kier molecular flexibility index (Phi) is 0.739. The summed E-state index contributed by atoms with van der Waals surface area (Å²) in [7, 11) is 0. The summed E-state index contributed by atoms with van der Waals surface area (Å²) in [4.78, 5) is 0.293. The van der Waals surface area contributed by atoms with Crippen molar-refractivity contribution in [2.75, 3.05) is 0 Å². The predicted octanol–water partition coefficient (Wildman–Crippen LogP) is 2.66. The van der Waals surface area contributed by atoms with E-state index in [0.717, 1.165) is 29.6 Å². The molecule has 0 nitrogen and oxygen atoms in total. The zero-order valence-electron chi connectivity index (χ0n) is 6.59. The lowest BCUT2D eigenvalue weighted by atomic mass is 9.67. The van der Waals surface area contributed by atoms with Crippen molar-refractivity contribution in [3.8, 4) is 0 Å². The Balaban J connectivity index is 1.87. The van der Waals surface area contributed by atoms with Gasteiger partial charge in [0.2, 0.25) is 0 Å². The molecule has 0 N–H and O–H groups in total. The van der Waals surface area contributed by atoms with Crippen LogP contribution in [0.4, 0.5) is 0 Å². The molecular formula is C10H13Cl. The van der Waals surface area contributed by atoms with E-state index >= 15 is 0 Å². The summed E-state index contributed by atoms with van der Waals surface area (Å²) in [5, 5.41) is 0. The monoisotopic (exact) mass is 168 g/mol. The van der Waals surface area contributed by atoms with E-state index < -0.39 is 0 Å². The van der Waals surface area contributed by atoms with Gasteiger partial charge in [0.1, 0.15) is 0 Å². The van der Waals surface area contributed by atoms with Gasteiger partial charge in [0.25, 0.3) is 0 Å². The predicted molar refractivity (Wildman–Crippen MR) is 44.5 cm³/mol. The molecule has 0 heterocycles. The number of halogens is 1. The maximum Gasteiger partial charge on any atom is 0.0455 e. The lowest BCUT2D eigenvalue weighted by molar-refractivity contribution is 0.148. The van der Waals surface area contributed by atoms with E-state index in [9.17, 15) is 0 Å². The van der Waals surface area contributed by atoms with Gasteiger partial charge in [-0.05, 0) is 55.3 Å². The molecule has 0 aromatic carbocycles. The molecule has 5 saturated carbocycles. The molecule has 60 valence electrons. The molecule has 4 unspecified atom stereocenters. The Morgan fingerprint density at radius 1 is 1.00 bits per heavy atom. The Labute approximate surface area is 72.3 Å². The minimum Gasteiger partial charge on any atom is -0.119 e. The van der Waals surface area contributed by atoms with Gasteiger partial charge in [-0.15, -0.1) is 11.6 Å². The van der Waals surface area contributed by atoms with E-state index in [1.807, 2.05) is 0 Å². The summed E-state index contributed by atoms with van der Waals surface area (Å²) >= 11 is 6.54. The van der Waals surface area contributed by atoms with Gasteiger partial charge in [0.05, 0.1) is 0 Å². The maximum atomic E-state index is 6.54. The zero-order valence-corrected chi connectivity index (χ0v) is 7.35. The van der Waals surface area contributed by atoms with Gasteiger partial charge >= 0.3 is 0 Å². The van der Waals surface area contributed by atoms with Gasteiger partial charge in [-0.3, -0.25) is 0 Å². The summed E-state index contributed by atoms with van der Waals surface area (Å²) < 4.78 is 0. The number of rotatable bonds is 0. The molecule has 0 aromatic rings. The fourth-order valence-electron chi connectivity index (χ4n) is 4.78.